The molecule has 1 fully saturated rings. The summed E-state index contributed by atoms with van der Waals surface area (Å²) in [4.78, 5) is 23.6. The van der Waals surface area contributed by atoms with Gasteiger partial charge in [0.25, 0.3) is 5.91 Å². The van der Waals surface area contributed by atoms with Crippen molar-refractivity contribution < 1.29 is 24.2 Å². The van der Waals surface area contributed by atoms with Gasteiger partial charge in [-0.2, -0.15) is 5.10 Å². The van der Waals surface area contributed by atoms with Crippen LogP contribution in [-0.4, -0.2) is 52.1 Å². The van der Waals surface area contributed by atoms with Gasteiger partial charge < -0.3 is 19.9 Å². The van der Waals surface area contributed by atoms with Gasteiger partial charge in [-0.05, 0) is 44.5 Å². The van der Waals surface area contributed by atoms with Crippen LogP contribution in [0.15, 0.2) is 30.5 Å². The van der Waals surface area contributed by atoms with Gasteiger partial charge in [0.1, 0.15) is 11.9 Å². The smallest absolute Gasteiger partial charge is 0.335 e. The minimum atomic E-state index is -0.990. The number of aryl methyl sites for hydroxylation is 1. The van der Waals surface area contributed by atoms with Gasteiger partial charge in [0.2, 0.25) is 0 Å². The molecule has 27 heavy (non-hydrogen) atoms. The van der Waals surface area contributed by atoms with E-state index < -0.39 is 5.97 Å². The molecule has 2 aromatic rings. The van der Waals surface area contributed by atoms with E-state index >= 15 is 0 Å². The van der Waals surface area contributed by atoms with Crippen LogP contribution in [0.4, 0.5) is 0 Å². The number of aromatic nitrogens is 2. The number of amides is 1. The predicted octanol–water partition coefficient (Wildman–Crippen LogP) is 1.88. The highest BCUT2D eigenvalue weighted by atomic mass is 16.5. The zero-order valence-corrected chi connectivity index (χ0v) is 15.3. The van der Waals surface area contributed by atoms with Crippen molar-refractivity contribution in [1.29, 1.82) is 0 Å². The van der Waals surface area contributed by atoms with Crippen molar-refractivity contribution in [3.05, 3.63) is 47.3 Å². The van der Waals surface area contributed by atoms with Crippen LogP contribution < -0.4 is 10.1 Å². The molecule has 2 N–H and O–H groups in total. The Bertz CT molecular complexity index is 815. The second-order valence-corrected chi connectivity index (χ2v) is 6.39. The molecule has 1 aromatic heterocycles. The first-order chi connectivity index (χ1) is 13.0. The quantitative estimate of drug-likeness (QED) is 0.801. The third-order valence-corrected chi connectivity index (χ3v) is 4.66. The van der Waals surface area contributed by atoms with E-state index in [0.29, 0.717) is 37.5 Å². The van der Waals surface area contributed by atoms with Crippen molar-refractivity contribution in [2.75, 3.05) is 13.2 Å². The summed E-state index contributed by atoms with van der Waals surface area (Å²) in [7, 11) is 0. The molecule has 1 amide bonds. The summed E-state index contributed by atoms with van der Waals surface area (Å²) in [5, 5.41) is 16.2. The maximum absolute atomic E-state index is 12.7. The number of nitrogens with zero attached hydrogens (tertiary/aromatic N) is 2. The SMILES string of the molecule is CCn1ncc(C(=O)N[C@@H]2CCOC[C@H]2Oc2ccc(C(=O)O)cc2)c1C. The Morgan fingerprint density at radius 3 is 2.74 bits per heavy atom. The lowest BCUT2D eigenvalue weighted by molar-refractivity contribution is -0.0135. The van der Waals surface area contributed by atoms with Crippen LogP contribution in [0.3, 0.4) is 0 Å². The molecule has 0 saturated carbocycles. The van der Waals surface area contributed by atoms with E-state index in [-0.39, 0.29) is 23.6 Å². The fourth-order valence-electron chi connectivity index (χ4n) is 3.08. The summed E-state index contributed by atoms with van der Waals surface area (Å²) >= 11 is 0. The first-order valence-electron chi connectivity index (χ1n) is 8.90. The van der Waals surface area contributed by atoms with E-state index in [1.807, 2.05) is 13.8 Å². The fraction of sp³-hybridized carbons (Fsp3) is 0.421. The number of carbonyl (C=O) groups is 2. The van der Waals surface area contributed by atoms with Crippen LogP contribution in [0.1, 0.15) is 39.8 Å². The van der Waals surface area contributed by atoms with Crippen LogP contribution in [-0.2, 0) is 11.3 Å². The van der Waals surface area contributed by atoms with Crippen molar-refractivity contribution >= 4 is 11.9 Å². The molecule has 0 bridgehead atoms. The topological polar surface area (TPSA) is 103 Å². The molecular weight excluding hydrogens is 350 g/mol. The summed E-state index contributed by atoms with van der Waals surface area (Å²) in [6.45, 7) is 5.43. The van der Waals surface area contributed by atoms with Gasteiger partial charge in [-0.1, -0.05) is 0 Å². The van der Waals surface area contributed by atoms with E-state index in [9.17, 15) is 9.59 Å². The molecule has 8 heteroatoms. The largest absolute Gasteiger partial charge is 0.486 e. The van der Waals surface area contributed by atoms with Crippen LogP contribution in [0, 0.1) is 6.92 Å². The summed E-state index contributed by atoms with van der Waals surface area (Å²) in [6.07, 6.45) is 1.85. The summed E-state index contributed by atoms with van der Waals surface area (Å²) in [6, 6.07) is 5.96. The summed E-state index contributed by atoms with van der Waals surface area (Å²) in [5.41, 5.74) is 1.56. The van der Waals surface area contributed by atoms with Crippen LogP contribution >= 0.6 is 0 Å². The molecule has 0 unspecified atom stereocenters. The van der Waals surface area contributed by atoms with E-state index in [1.165, 1.54) is 12.1 Å². The number of carboxylic acids is 1. The number of carboxylic acid groups (broad SMARTS) is 1. The molecule has 2 heterocycles. The number of rotatable bonds is 6. The van der Waals surface area contributed by atoms with E-state index in [0.717, 1.165) is 5.69 Å². The second-order valence-electron chi connectivity index (χ2n) is 6.39. The molecule has 0 spiro atoms. The average molecular weight is 373 g/mol. The van der Waals surface area contributed by atoms with Crippen LogP contribution in [0.25, 0.3) is 0 Å². The Kier molecular flexibility index (Phi) is 5.75. The van der Waals surface area contributed by atoms with E-state index in [2.05, 4.69) is 10.4 Å². The van der Waals surface area contributed by atoms with Crippen molar-refractivity contribution in [3.63, 3.8) is 0 Å². The number of hydrogen-bond acceptors (Lipinski definition) is 5. The Morgan fingerprint density at radius 1 is 1.37 bits per heavy atom. The number of benzene rings is 1. The predicted molar refractivity (Wildman–Crippen MR) is 97.1 cm³/mol. The molecule has 1 aliphatic rings. The standard InChI is InChI=1S/C19H23N3O5/c1-3-22-12(2)15(10-20-22)18(23)21-16-8-9-26-11-17(16)27-14-6-4-13(5-7-14)19(24)25/h4-7,10,16-17H,3,8-9,11H2,1-2H3,(H,21,23)(H,24,25)/t16-,17-/m1/s1. The van der Waals surface area contributed by atoms with Crippen molar-refractivity contribution in [3.8, 4) is 5.75 Å². The van der Waals surface area contributed by atoms with Gasteiger partial charge in [-0.3, -0.25) is 9.48 Å². The zero-order chi connectivity index (χ0) is 19.4. The van der Waals surface area contributed by atoms with Gasteiger partial charge in [0.15, 0.2) is 0 Å². The normalized spacial score (nSPS) is 19.5. The molecule has 8 nitrogen and oxygen atoms in total. The molecule has 144 valence electrons. The van der Waals surface area contributed by atoms with Crippen molar-refractivity contribution in [2.45, 2.75) is 39.0 Å². The Hall–Kier alpha value is -2.87. The maximum Gasteiger partial charge on any atom is 0.335 e. The first-order valence-corrected chi connectivity index (χ1v) is 8.90. The minimum absolute atomic E-state index is 0.186. The molecule has 1 saturated heterocycles. The summed E-state index contributed by atoms with van der Waals surface area (Å²) in [5.74, 6) is -0.644. The lowest BCUT2D eigenvalue weighted by atomic mass is 10.1. The van der Waals surface area contributed by atoms with Gasteiger partial charge in [0.05, 0.1) is 30.0 Å². The summed E-state index contributed by atoms with van der Waals surface area (Å²) < 4.78 is 13.2. The van der Waals surface area contributed by atoms with Gasteiger partial charge >= 0.3 is 5.97 Å². The fourth-order valence-corrected chi connectivity index (χ4v) is 3.08. The molecule has 0 radical (unpaired) electrons. The van der Waals surface area contributed by atoms with Gasteiger partial charge in [0, 0.05) is 18.8 Å². The molecular formula is C19H23N3O5. The zero-order valence-electron chi connectivity index (χ0n) is 15.3. The number of aromatic carboxylic acids is 1. The number of ether oxygens (including phenoxy) is 2. The third-order valence-electron chi connectivity index (χ3n) is 4.66. The minimum Gasteiger partial charge on any atom is -0.486 e. The average Bonchev–Trinajstić information content (AvgIpc) is 3.04. The highest BCUT2D eigenvalue weighted by Crippen LogP contribution is 2.19. The lowest BCUT2D eigenvalue weighted by Crippen LogP contribution is -2.51. The van der Waals surface area contributed by atoms with Crippen molar-refractivity contribution in [2.24, 2.45) is 0 Å². The van der Waals surface area contributed by atoms with Crippen LogP contribution in [0.2, 0.25) is 0 Å². The Morgan fingerprint density at radius 2 is 2.11 bits per heavy atom. The molecule has 0 aliphatic carbocycles. The highest BCUT2D eigenvalue weighted by Gasteiger charge is 2.30. The monoisotopic (exact) mass is 373 g/mol. The Balaban J connectivity index is 1.68. The first kappa shape index (κ1) is 18.9. The maximum atomic E-state index is 12.7. The number of nitrogens with one attached hydrogen (secondary N) is 1. The van der Waals surface area contributed by atoms with Gasteiger partial charge in [-0.15, -0.1) is 0 Å². The second kappa shape index (κ2) is 8.22. The van der Waals surface area contributed by atoms with Crippen LogP contribution in [0.5, 0.6) is 5.75 Å². The number of hydrogen-bond donors (Lipinski definition) is 2. The molecule has 3 rings (SSSR count). The third kappa shape index (κ3) is 4.28. The number of carbonyl (C=O) groups excluding carboxylic acids is 1. The molecule has 2 atom stereocenters. The Labute approximate surface area is 157 Å². The molecule has 1 aromatic carbocycles. The highest BCUT2D eigenvalue weighted by molar-refractivity contribution is 5.95. The van der Waals surface area contributed by atoms with Crippen molar-refractivity contribution in [1.82, 2.24) is 15.1 Å². The van der Waals surface area contributed by atoms with Gasteiger partial charge in [-0.25, -0.2) is 4.79 Å². The molecule has 1 aliphatic heterocycles. The lowest BCUT2D eigenvalue weighted by Gasteiger charge is -2.32. The van der Waals surface area contributed by atoms with E-state index in [1.54, 1.807) is 23.0 Å². The van der Waals surface area contributed by atoms with E-state index in [4.69, 9.17) is 14.6 Å².